The van der Waals surface area contributed by atoms with Gasteiger partial charge in [-0.2, -0.15) is 0 Å². The van der Waals surface area contributed by atoms with E-state index in [1.807, 2.05) is 6.92 Å². The Morgan fingerprint density at radius 2 is 2.40 bits per heavy atom. The number of amides is 1. The van der Waals surface area contributed by atoms with Crippen LogP contribution in [-0.4, -0.2) is 36.2 Å². The lowest BCUT2D eigenvalue weighted by Gasteiger charge is -2.25. The zero-order chi connectivity index (χ0) is 11.3. The van der Waals surface area contributed by atoms with E-state index >= 15 is 0 Å². The number of hydrogen-bond donors (Lipinski definition) is 3. The fraction of sp³-hybridized carbons (Fsp3) is 0.909. The molecule has 88 valence electrons. The van der Waals surface area contributed by atoms with Crippen molar-refractivity contribution in [3.8, 4) is 0 Å². The van der Waals surface area contributed by atoms with Crippen LogP contribution in [0.25, 0.3) is 0 Å². The third-order valence-corrected chi connectivity index (χ3v) is 3.07. The first kappa shape index (κ1) is 12.5. The molecule has 0 aliphatic carbocycles. The third-order valence-electron chi connectivity index (χ3n) is 3.07. The van der Waals surface area contributed by atoms with Crippen molar-refractivity contribution >= 4 is 5.91 Å². The number of piperidine rings is 1. The van der Waals surface area contributed by atoms with Crippen LogP contribution in [-0.2, 0) is 4.79 Å². The van der Waals surface area contributed by atoms with Crippen molar-refractivity contribution in [3.63, 3.8) is 0 Å². The maximum Gasteiger partial charge on any atom is 0.224 e. The summed E-state index contributed by atoms with van der Waals surface area (Å²) in [6.45, 7) is 5.77. The quantitative estimate of drug-likeness (QED) is 0.629. The van der Waals surface area contributed by atoms with Crippen LogP contribution in [0.5, 0.6) is 0 Å². The van der Waals surface area contributed by atoms with Gasteiger partial charge >= 0.3 is 0 Å². The molecule has 0 aromatic rings. The van der Waals surface area contributed by atoms with Crippen molar-refractivity contribution < 1.29 is 9.90 Å². The summed E-state index contributed by atoms with van der Waals surface area (Å²) in [5, 5.41) is 15.8. The normalized spacial score (nSPS) is 25.7. The minimum Gasteiger partial charge on any atom is -0.388 e. The second-order valence-electron chi connectivity index (χ2n) is 4.61. The first-order valence-electron chi connectivity index (χ1n) is 5.76. The molecule has 1 aliphatic rings. The van der Waals surface area contributed by atoms with Gasteiger partial charge in [0, 0.05) is 13.1 Å². The van der Waals surface area contributed by atoms with E-state index in [9.17, 15) is 9.90 Å². The lowest BCUT2D eigenvalue weighted by Crippen LogP contribution is -2.45. The van der Waals surface area contributed by atoms with Crippen LogP contribution >= 0.6 is 0 Å². The van der Waals surface area contributed by atoms with Gasteiger partial charge in [0.15, 0.2) is 0 Å². The maximum absolute atomic E-state index is 11.7. The topological polar surface area (TPSA) is 61.4 Å². The summed E-state index contributed by atoms with van der Waals surface area (Å²) in [7, 11) is 0. The molecule has 1 heterocycles. The fourth-order valence-electron chi connectivity index (χ4n) is 1.62. The number of carbonyl (C=O) groups excluding carboxylic acids is 1. The highest BCUT2D eigenvalue weighted by atomic mass is 16.3. The molecule has 0 spiro atoms. The maximum atomic E-state index is 11.7. The average Bonchev–Trinajstić information content (AvgIpc) is 2.27. The largest absolute Gasteiger partial charge is 0.388 e. The van der Waals surface area contributed by atoms with E-state index in [-0.39, 0.29) is 11.8 Å². The van der Waals surface area contributed by atoms with Crippen LogP contribution in [0.4, 0.5) is 0 Å². The lowest BCUT2D eigenvalue weighted by atomic mass is 9.98. The van der Waals surface area contributed by atoms with Crippen molar-refractivity contribution in [2.24, 2.45) is 5.92 Å². The number of nitrogens with one attached hydrogen (secondary N) is 2. The second-order valence-corrected chi connectivity index (χ2v) is 4.61. The summed E-state index contributed by atoms with van der Waals surface area (Å²) in [5.74, 6) is 0.141. The summed E-state index contributed by atoms with van der Waals surface area (Å²) in [5.41, 5.74) is -0.780. The van der Waals surface area contributed by atoms with E-state index in [1.54, 1.807) is 6.92 Å². The van der Waals surface area contributed by atoms with E-state index in [1.165, 1.54) is 0 Å². The van der Waals surface area contributed by atoms with Crippen LogP contribution < -0.4 is 10.6 Å². The summed E-state index contributed by atoms with van der Waals surface area (Å²) >= 11 is 0. The van der Waals surface area contributed by atoms with Crippen molar-refractivity contribution in [1.82, 2.24) is 10.6 Å². The second kappa shape index (κ2) is 5.47. The summed E-state index contributed by atoms with van der Waals surface area (Å²) in [4.78, 5) is 11.7. The van der Waals surface area contributed by atoms with E-state index in [2.05, 4.69) is 10.6 Å². The molecule has 0 aromatic carbocycles. The zero-order valence-corrected chi connectivity index (χ0v) is 9.68. The molecule has 15 heavy (non-hydrogen) atoms. The lowest BCUT2D eigenvalue weighted by molar-refractivity contribution is -0.126. The Kier molecular flexibility index (Phi) is 4.54. The van der Waals surface area contributed by atoms with Gasteiger partial charge in [0.25, 0.3) is 0 Å². The van der Waals surface area contributed by atoms with Crippen molar-refractivity contribution in [3.05, 3.63) is 0 Å². The number of carbonyl (C=O) groups is 1. The monoisotopic (exact) mass is 214 g/mol. The van der Waals surface area contributed by atoms with Gasteiger partial charge in [-0.25, -0.2) is 0 Å². The van der Waals surface area contributed by atoms with Gasteiger partial charge in [0.1, 0.15) is 0 Å². The van der Waals surface area contributed by atoms with Gasteiger partial charge in [-0.15, -0.1) is 0 Å². The molecular formula is C11H22N2O2. The highest BCUT2D eigenvalue weighted by molar-refractivity contribution is 5.79. The number of aliphatic hydroxyl groups is 1. The van der Waals surface area contributed by atoms with Gasteiger partial charge in [-0.1, -0.05) is 6.92 Å². The van der Waals surface area contributed by atoms with Gasteiger partial charge in [-0.05, 0) is 32.7 Å². The van der Waals surface area contributed by atoms with E-state index in [0.717, 1.165) is 25.9 Å². The Morgan fingerprint density at radius 3 is 2.93 bits per heavy atom. The Labute approximate surface area is 91.4 Å². The molecule has 0 radical (unpaired) electrons. The number of hydrogen-bond acceptors (Lipinski definition) is 3. The Hall–Kier alpha value is -0.610. The molecule has 0 saturated carbocycles. The minimum atomic E-state index is -0.780. The first-order chi connectivity index (χ1) is 7.05. The Balaban J connectivity index is 2.28. The smallest absolute Gasteiger partial charge is 0.224 e. The molecule has 1 rings (SSSR count). The zero-order valence-electron chi connectivity index (χ0n) is 9.68. The molecule has 4 heteroatoms. The molecule has 0 aromatic heterocycles. The SMILES string of the molecule is CCC(C)(O)CNC(=O)C1CCCNC1. The van der Waals surface area contributed by atoms with Gasteiger partial charge in [0.2, 0.25) is 5.91 Å². The summed E-state index contributed by atoms with van der Waals surface area (Å²) < 4.78 is 0. The molecule has 1 aliphatic heterocycles. The van der Waals surface area contributed by atoms with E-state index < -0.39 is 5.60 Å². The molecule has 1 fully saturated rings. The van der Waals surface area contributed by atoms with Crippen LogP contribution in [0.15, 0.2) is 0 Å². The standard InChI is InChI=1S/C11H22N2O2/c1-3-11(2,15)8-13-10(14)9-5-4-6-12-7-9/h9,12,15H,3-8H2,1-2H3,(H,13,14). The van der Waals surface area contributed by atoms with Crippen LogP contribution in [0.3, 0.4) is 0 Å². The Morgan fingerprint density at radius 1 is 1.67 bits per heavy atom. The molecule has 1 amide bonds. The third kappa shape index (κ3) is 4.18. The predicted octanol–water partition coefficient (Wildman–Crippen LogP) is 0.263. The molecule has 2 atom stereocenters. The average molecular weight is 214 g/mol. The fourth-order valence-corrected chi connectivity index (χ4v) is 1.62. The van der Waals surface area contributed by atoms with Crippen molar-refractivity contribution in [2.45, 2.75) is 38.7 Å². The van der Waals surface area contributed by atoms with Crippen LogP contribution in [0, 0.1) is 5.92 Å². The van der Waals surface area contributed by atoms with E-state index in [4.69, 9.17) is 0 Å². The van der Waals surface area contributed by atoms with Gasteiger partial charge < -0.3 is 15.7 Å². The molecule has 2 unspecified atom stereocenters. The van der Waals surface area contributed by atoms with E-state index in [0.29, 0.717) is 13.0 Å². The van der Waals surface area contributed by atoms with Crippen molar-refractivity contribution in [2.75, 3.05) is 19.6 Å². The highest BCUT2D eigenvalue weighted by Crippen LogP contribution is 2.11. The highest BCUT2D eigenvalue weighted by Gasteiger charge is 2.23. The van der Waals surface area contributed by atoms with Gasteiger partial charge in [0.05, 0.1) is 11.5 Å². The molecule has 1 saturated heterocycles. The summed E-state index contributed by atoms with van der Waals surface area (Å²) in [6, 6.07) is 0. The summed E-state index contributed by atoms with van der Waals surface area (Å²) in [6.07, 6.45) is 2.66. The number of rotatable bonds is 4. The molecule has 3 N–H and O–H groups in total. The first-order valence-corrected chi connectivity index (χ1v) is 5.76. The Bertz CT molecular complexity index is 211. The van der Waals surface area contributed by atoms with Crippen LogP contribution in [0.1, 0.15) is 33.1 Å². The molecule has 4 nitrogen and oxygen atoms in total. The molecule has 0 bridgehead atoms. The van der Waals surface area contributed by atoms with Gasteiger partial charge in [-0.3, -0.25) is 4.79 Å². The molecular weight excluding hydrogens is 192 g/mol. The predicted molar refractivity (Wildman–Crippen MR) is 59.5 cm³/mol. The van der Waals surface area contributed by atoms with Crippen molar-refractivity contribution in [1.29, 1.82) is 0 Å². The van der Waals surface area contributed by atoms with Crippen LogP contribution in [0.2, 0.25) is 0 Å². The minimum absolute atomic E-state index is 0.0657.